The number of nitrogens with one attached hydrogen (secondary N) is 1. The molecule has 0 saturated heterocycles. The molecule has 108 valence electrons. The first-order valence-electron chi connectivity index (χ1n) is 6.35. The van der Waals surface area contributed by atoms with Gasteiger partial charge in [-0.1, -0.05) is 24.3 Å². The predicted octanol–water partition coefficient (Wildman–Crippen LogP) is 4.77. The normalized spacial score (nSPS) is 12.6. The first-order chi connectivity index (χ1) is 9.65. The molecule has 2 rings (SSSR count). The SMILES string of the molecule is CNC(c1ccc(CCOC)cc1)c1cc(Br)sc1Br. The fraction of sp³-hybridized carbons (Fsp3) is 0.333. The lowest BCUT2D eigenvalue weighted by molar-refractivity contribution is 0.202. The maximum absolute atomic E-state index is 5.11. The van der Waals surface area contributed by atoms with E-state index in [-0.39, 0.29) is 6.04 Å². The fourth-order valence-corrected chi connectivity index (χ4v) is 5.05. The first-order valence-corrected chi connectivity index (χ1v) is 8.75. The van der Waals surface area contributed by atoms with Gasteiger partial charge in [0.15, 0.2) is 0 Å². The predicted molar refractivity (Wildman–Crippen MR) is 92.6 cm³/mol. The van der Waals surface area contributed by atoms with E-state index in [1.807, 2.05) is 7.05 Å². The van der Waals surface area contributed by atoms with Crippen molar-refractivity contribution in [1.82, 2.24) is 5.32 Å². The Morgan fingerprint density at radius 3 is 2.45 bits per heavy atom. The monoisotopic (exact) mass is 417 g/mol. The third-order valence-corrected chi connectivity index (χ3v) is 5.58. The third kappa shape index (κ3) is 3.92. The van der Waals surface area contributed by atoms with Crippen LogP contribution >= 0.6 is 43.2 Å². The van der Waals surface area contributed by atoms with Crippen LogP contribution in [0.5, 0.6) is 0 Å². The highest BCUT2D eigenvalue weighted by Crippen LogP contribution is 2.37. The fourth-order valence-electron chi connectivity index (χ4n) is 2.15. The number of benzene rings is 1. The molecule has 1 unspecified atom stereocenters. The van der Waals surface area contributed by atoms with Gasteiger partial charge in [-0.3, -0.25) is 0 Å². The van der Waals surface area contributed by atoms with Crippen LogP contribution in [0.2, 0.25) is 0 Å². The van der Waals surface area contributed by atoms with Crippen LogP contribution < -0.4 is 5.32 Å². The highest BCUT2D eigenvalue weighted by molar-refractivity contribution is 9.12. The zero-order valence-electron chi connectivity index (χ0n) is 11.5. The Morgan fingerprint density at radius 2 is 1.95 bits per heavy atom. The Kier molecular flexibility index (Phi) is 6.23. The number of hydrogen-bond acceptors (Lipinski definition) is 3. The van der Waals surface area contributed by atoms with E-state index < -0.39 is 0 Å². The molecule has 5 heteroatoms. The minimum absolute atomic E-state index is 0.198. The maximum atomic E-state index is 5.11. The molecule has 0 saturated carbocycles. The number of methoxy groups -OCH3 is 1. The molecule has 0 aliphatic rings. The van der Waals surface area contributed by atoms with Crippen molar-refractivity contribution in [2.75, 3.05) is 20.8 Å². The largest absolute Gasteiger partial charge is 0.384 e. The van der Waals surface area contributed by atoms with Crippen molar-refractivity contribution in [2.45, 2.75) is 12.5 Å². The lowest BCUT2D eigenvalue weighted by atomic mass is 9.99. The maximum Gasteiger partial charge on any atom is 0.0761 e. The second-order valence-corrected chi connectivity index (χ2v) is 8.23. The summed E-state index contributed by atoms with van der Waals surface area (Å²) in [5.41, 5.74) is 3.82. The van der Waals surface area contributed by atoms with Crippen LogP contribution in [0.4, 0.5) is 0 Å². The molecule has 1 aromatic carbocycles. The highest BCUT2D eigenvalue weighted by atomic mass is 79.9. The summed E-state index contributed by atoms with van der Waals surface area (Å²) < 4.78 is 7.40. The van der Waals surface area contributed by atoms with Crippen molar-refractivity contribution >= 4 is 43.2 Å². The number of ether oxygens (including phenoxy) is 1. The van der Waals surface area contributed by atoms with E-state index in [1.165, 1.54) is 16.7 Å². The molecule has 0 bridgehead atoms. The second-order valence-electron chi connectivity index (χ2n) is 4.49. The Morgan fingerprint density at radius 1 is 1.25 bits per heavy atom. The molecule has 1 heterocycles. The van der Waals surface area contributed by atoms with E-state index in [4.69, 9.17) is 4.74 Å². The molecule has 0 spiro atoms. The van der Waals surface area contributed by atoms with Gasteiger partial charge in [0.25, 0.3) is 0 Å². The van der Waals surface area contributed by atoms with Crippen LogP contribution in [-0.4, -0.2) is 20.8 Å². The summed E-state index contributed by atoms with van der Waals surface area (Å²) in [4.78, 5) is 0. The minimum atomic E-state index is 0.198. The van der Waals surface area contributed by atoms with Crippen molar-refractivity contribution in [2.24, 2.45) is 0 Å². The molecule has 20 heavy (non-hydrogen) atoms. The molecule has 0 radical (unpaired) electrons. The molecule has 1 atom stereocenters. The number of thiophene rings is 1. The van der Waals surface area contributed by atoms with Crippen molar-refractivity contribution in [1.29, 1.82) is 0 Å². The lowest BCUT2D eigenvalue weighted by Gasteiger charge is -2.17. The van der Waals surface area contributed by atoms with E-state index in [9.17, 15) is 0 Å². The molecule has 1 aromatic heterocycles. The topological polar surface area (TPSA) is 21.3 Å². The molecule has 0 amide bonds. The van der Waals surface area contributed by atoms with Gasteiger partial charge < -0.3 is 10.1 Å². The Bertz CT molecular complexity index is 554. The van der Waals surface area contributed by atoms with Gasteiger partial charge in [-0.05, 0) is 68.1 Å². The van der Waals surface area contributed by atoms with Crippen LogP contribution in [0, 0.1) is 0 Å². The molecule has 0 aliphatic carbocycles. The van der Waals surface area contributed by atoms with Gasteiger partial charge in [0.1, 0.15) is 0 Å². The first kappa shape index (κ1) is 16.2. The van der Waals surface area contributed by atoms with Gasteiger partial charge in [-0.2, -0.15) is 0 Å². The van der Waals surface area contributed by atoms with E-state index in [0.29, 0.717) is 0 Å². The Hall–Kier alpha value is -0.200. The zero-order valence-corrected chi connectivity index (χ0v) is 15.4. The number of rotatable bonds is 6. The van der Waals surface area contributed by atoms with Gasteiger partial charge in [0.05, 0.1) is 20.2 Å². The van der Waals surface area contributed by atoms with Crippen molar-refractivity contribution in [3.63, 3.8) is 0 Å². The van der Waals surface area contributed by atoms with Gasteiger partial charge in [0, 0.05) is 7.11 Å². The Balaban J connectivity index is 2.21. The molecular weight excluding hydrogens is 402 g/mol. The van der Waals surface area contributed by atoms with Crippen LogP contribution in [0.1, 0.15) is 22.7 Å². The van der Waals surface area contributed by atoms with Crippen LogP contribution in [0.3, 0.4) is 0 Å². The van der Waals surface area contributed by atoms with Gasteiger partial charge in [0.2, 0.25) is 0 Å². The molecule has 0 fully saturated rings. The zero-order chi connectivity index (χ0) is 14.5. The summed E-state index contributed by atoms with van der Waals surface area (Å²) in [6, 6.07) is 11.1. The number of hydrogen-bond donors (Lipinski definition) is 1. The average Bonchev–Trinajstić information content (AvgIpc) is 2.78. The van der Waals surface area contributed by atoms with E-state index in [2.05, 4.69) is 67.5 Å². The minimum Gasteiger partial charge on any atom is -0.384 e. The molecule has 0 aliphatic heterocycles. The van der Waals surface area contributed by atoms with Crippen molar-refractivity contribution in [3.8, 4) is 0 Å². The Labute approximate surface area is 140 Å². The molecule has 1 N–H and O–H groups in total. The van der Waals surface area contributed by atoms with Crippen LogP contribution in [-0.2, 0) is 11.2 Å². The summed E-state index contributed by atoms with van der Waals surface area (Å²) >= 11 is 8.88. The summed E-state index contributed by atoms with van der Waals surface area (Å²) in [6.07, 6.45) is 0.953. The van der Waals surface area contributed by atoms with Gasteiger partial charge in [-0.15, -0.1) is 11.3 Å². The van der Waals surface area contributed by atoms with E-state index in [1.54, 1.807) is 18.4 Å². The van der Waals surface area contributed by atoms with Crippen LogP contribution in [0.25, 0.3) is 0 Å². The summed E-state index contributed by atoms with van der Waals surface area (Å²) in [5, 5.41) is 3.38. The smallest absolute Gasteiger partial charge is 0.0761 e. The van der Waals surface area contributed by atoms with E-state index in [0.717, 1.165) is 20.6 Å². The third-order valence-electron chi connectivity index (χ3n) is 3.19. The van der Waals surface area contributed by atoms with Crippen molar-refractivity contribution in [3.05, 3.63) is 54.6 Å². The average molecular weight is 419 g/mol. The van der Waals surface area contributed by atoms with E-state index >= 15 is 0 Å². The summed E-state index contributed by atoms with van der Waals surface area (Å²) in [7, 11) is 3.72. The highest BCUT2D eigenvalue weighted by Gasteiger charge is 2.17. The quantitative estimate of drug-likeness (QED) is 0.729. The van der Waals surface area contributed by atoms with Crippen molar-refractivity contribution < 1.29 is 4.74 Å². The van der Waals surface area contributed by atoms with Gasteiger partial charge in [-0.25, -0.2) is 0 Å². The second kappa shape index (κ2) is 7.71. The number of halogens is 2. The summed E-state index contributed by atoms with van der Waals surface area (Å²) in [5.74, 6) is 0. The molecule has 2 nitrogen and oxygen atoms in total. The van der Waals surface area contributed by atoms with Gasteiger partial charge >= 0.3 is 0 Å². The summed E-state index contributed by atoms with van der Waals surface area (Å²) in [6.45, 7) is 0.762. The molecular formula is C15H17Br2NOS. The standard InChI is InChI=1S/C15H17Br2NOS/c1-18-14(12-9-13(16)20-15(12)17)11-5-3-10(4-6-11)7-8-19-2/h3-6,9,14,18H,7-8H2,1-2H3. The molecule has 2 aromatic rings. The lowest BCUT2D eigenvalue weighted by Crippen LogP contribution is -2.17. The van der Waals surface area contributed by atoms with Crippen LogP contribution in [0.15, 0.2) is 37.9 Å².